The van der Waals surface area contributed by atoms with Gasteiger partial charge in [-0.25, -0.2) is 4.39 Å². The quantitative estimate of drug-likeness (QED) is 0.826. The number of hydrogen-bond donors (Lipinski definition) is 2. The molecule has 1 aromatic carbocycles. The highest BCUT2D eigenvalue weighted by atomic mass is 19.1. The molecular weight excluding hydrogens is 245 g/mol. The molecule has 0 radical (unpaired) electrons. The van der Waals surface area contributed by atoms with Gasteiger partial charge < -0.3 is 16.4 Å². The van der Waals surface area contributed by atoms with E-state index >= 15 is 0 Å². The number of rotatable bonds is 3. The molecule has 0 fully saturated rings. The van der Waals surface area contributed by atoms with E-state index in [1.165, 1.54) is 6.07 Å². The smallest absolute Gasteiger partial charge is 0.250 e. The Morgan fingerprint density at radius 3 is 2.32 bits per heavy atom. The van der Waals surface area contributed by atoms with E-state index in [1.807, 2.05) is 6.92 Å². The Bertz CT molecular complexity index is 494. The summed E-state index contributed by atoms with van der Waals surface area (Å²) in [6.45, 7) is 8.20. The Morgan fingerprint density at radius 1 is 1.37 bits per heavy atom. The first-order valence-electron chi connectivity index (χ1n) is 6.17. The first kappa shape index (κ1) is 15.3. The molecule has 0 aliphatic rings. The summed E-state index contributed by atoms with van der Waals surface area (Å²) in [6, 6.07) is 2.63. The number of anilines is 2. The van der Waals surface area contributed by atoms with Crippen LogP contribution in [0.1, 0.15) is 38.1 Å². The van der Waals surface area contributed by atoms with Crippen LogP contribution in [0.4, 0.5) is 15.8 Å². The summed E-state index contributed by atoms with van der Waals surface area (Å²) in [5, 5.41) is 0. The number of amides is 1. The van der Waals surface area contributed by atoms with Crippen LogP contribution in [-0.2, 0) is 0 Å². The van der Waals surface area contributed by atoms with Gasteiger partial charge in [0.05, 0.1) is 11.3 Å². The molecule has 0 bridgehead atoms. The number of nitrogens with zero attached hydrogens (tertiary/aromatic N) is 1. The highest BCUT2D eigenvalue weighted by Gasteiger charge is 2.26. The van der Waals surface area contributed by atoms with Crippen molar-refractivity contribution in [1.29, 1.82) is 0 Å². The molecule has 0 aliphatic carbocycles. The van der Waals surface area contributed by atoms with Crippen LogP contribution in [0.5, 0.6) is 0 Å². The Balaban J connectivity index is 3.27. The van der Waals surface area contributed by atoms with Gasteiger partial charge in [0.15, 0.2) is 0 Å². The van der Waals surface area contributed by atoms with Gasteiger partial charge in [-0.1, -0.05) is 20.8 Å². The van der Waals surface area contributed by atoms with Gasteiger partial charge in [-0.2, -0.15) is 0 Å². The summed E-state index contributed by atoms with van der Waals surface area (Å²) in [4.78, 5) is 13.1. The van der Waals surface area contributed by atoms with Crippen molar-refractivity contribution < 1.29 is 9.18 Å². The van der Waals surface area contributed by atoms with Crippen molar-refractivity contribution in [3.05, 3.63) is 23.5 Å². The Morgan fingerprint density at radius 2 is 1.89 bits per heavy atom. The molecule has 1 aromatic rings. The minimum atomic E-state index is -0.657. The highest BCUT2D eigenvalue weighted by Crippen LogP contribution is 2.31. The van der Waals surface area contributed by atoms with Crippen molar-refractivity contribution in [2.24, 2.45) is 11.1 Å². The van der Waals surface area contributed by atoms with E-state index in [0.29, 0.717) is 5.69 Å². The van der Waals surface area contributed by atoms with Gasteiger partial charge in [0.2, 0.25) is 0 Å². The molecule has 5 heteroatoms. The maximum atomic E-state index is 14.0. The molecule has 1 unspecified atom stereocenters. The molecule has 19 heavy (non-hydrogen) atoms. The summed E-state index contributed by atoms with van der Waals surface area (Å²) >= 11 is 0. The molecule has 0 spiro atoms. The van der Waals surface area contributed by atoms with Gasteiger partial charge in [-0.05, 0) is 24.5 Å². The van der Waals surface area contributed by atoms with Crippen molar-refractivity contribution >= 4 is 17.3 Å². The second-order valence-corrected chi connectivity index (χ2v) is 5.91. The van der Waals surface area contributed by atoms with Crippen molar-refractivity contribution in [2.75, 3.05) is 17.7 Å². The standard InChI is InChI=1S/C14H22FN3O/c1-8(14(2,3)4)18(5)12-6-9(13(17)19)11(16)7-10(12)15/h6-8H,16H2,1-5H3,(H2,17,19). The van der Waals surface area contributed by atoms with Gasteiger partial charge in [0.25, 0.3) is 5.91 Å². The molecule has 106 valence electrons. The lowest BCUT2D eigenvalue weighted by Gasteiger charge is -2.37. The minimum absolute atomic E-state index is 0.0323. The molecule has 1 amide bonds. The number of nitrogen functional groups attached to an aromatic ring is 1. The largest absolute Gasteiger partial charge is 0.398 e. The van der Waals surface area contributed by atoms with E-state index in [4.69, 9.17) is 11.5 Å². The third-order valence-corrected chi connectivity index (χ3v) is 3.60. The maximum absolute atomic E-state index is 14.0. The number of carbonyl (C=O) groups excluding carboxylic acids is 1. The Hall–Kier alpha value is -1.78. The topological polar surface area (TPSA) is 72.3 Å². The summed E-state index contributed by atoms with van der Waals surface area (Å²) < 4.78 is 14.0. The molecule has 0 saturated heterocycles. The zero-order chi connectivity index (χ0) is 15.0. The summed E-state index contributed by atoms with van der Waals surface area (Å²) in [5.74, 6) is -1.11. The van der Waals surface area contributed by atoms with Gasteiger partial charge in [0, 0.05) is 18.8 Å². The van der Waals surface area contributed by atoms with Gasteiger partial charge >= 0.3 is 0 Å². The SMILES string of the molecule is CC(N(C)c1cc(C(N)=O)c(N)cc1F)C(C)(C)C. The van der Waals surface area contributed by atoms with Crippen LogP contribution in [0.2, 0.25) is 0 Å². The number of halogens is 1. The summed E-state index contributed by atoms with van der Waals surface area (Å²) in [7, 11) is 1.79. The van der Waals surface area contributed by atoms with Crippen LogP contribution >= 0.6 is 0 Å². The molecule has 0 heterocycles. The molecule has 0 aliphatic heterocycles. The third-order valence-electron chi connectivity index (χ3n) is 3.60. The second-order valence-electron chi connectivity index (χ2n) is 5.91. The summed E-state index contributed by atoms with van der Waals surface area (Å²) in [5.41, 5.74) is 11.3. The average Bonchev–Trinajstić information content (AvgIpc) is 2.25. The predicted molar refractivity (Wildman–Crippen MR) is 76.7 cm³/mol. The van der Waals surface area contributed by atoms with E-state index in [1.54, 1.807) is 11.9 Å². The van der Waals surface area contributed by atoms with E-state index in [2.05, 4.69) is 20.8 Å². The van der Waals surface area contributed by atoms with Crippen LogP contribution in [0.25, 0.3) is 0 Å². The van der Waals surface area contributed by atoms with E-state index in [-0.39, 0.29) is 22.7 Å². The highest BCUT2D eigenvalue weighted by molar-refractivity contribution is 5.99. The molecule has 4 nitrogen and oxygen atoms in total. The fraction of sp³-hybridized carbons (Fsp3) is 0.500. The van der Waals surface area contributed by atoms with E-state index < -0.39 is 11.7 Å². The van der Waals surface area contributed by atoms with Gasteiger partial charge in [-0.15, -0.1) is 0 Å². The lowest BCUT2D eigenvalue weighted by Crippen LogP contribution is -2.40. The summed E-state index contributed by atoms with van der Waals surface area (Å²) in [6.07, 6.45) is 0. The predicted octanol–water partition coefficient (Wildman–Crippen LogP) is 2.38. The molecule has 1 atom stereocenters. The normalized spacial score (nSPS) is 13.2. The zero-order valence-corrected chi connectivity index (χ0v) is 12.1. The number of nitrogens with two attached hydrogens (primary N) is 2. The molecule has 0 saturated carbocycles. The first-order chi connectivity index (χ1) is 8.55. The fourth-order valence-electron chi connectivity index (χ4n) is 1.85. The van der Waals surface area contributed by atoms with E-state index in [0.717, 1.165) is 6.07 Å². The number of carbonyl (C=O) groups is 1. The maximum Gasteiger partial charge on any atom is 0.250 e. The second kappa shape index (κ2) is 5.07. The lowest BCUT2D eigenvalue weighted by molar-refractivity contribution is 0.100. The van der Waals surface area contributed by atoms with Crippen LogP contribution in [0, 0.1) is 11.2 Å². The van der Waals surface area contributed by atoms with Crippen LogP contribution in [0.15, 0.2) is 12.1 Å². The van der Waals surface area contributed by atoms with Crippen molar-refractivity contribution in [3.63, 3.8) is 0 Å². The average molecular weight is 267 g/mol. The lowest BCUT2D eigenvalue weighted by atomic mass is 9.87. The van der Waals surface area contributed by atoms with Crippen LogP contribution in [-0.4, -0.2) is 19.0 Å². The van der Waals surface area contributed by atoms with Gasteiger partial charge in [0.1, 0.15) is 5.82 Å². The molecule has 4 N–H and O–H groups in total. The number of benzene rings is 1. The minimum Gasteiger partial charge on any atom is -0.398 e. The van der Waals surface area contributed by atoms with Crippen LogP contribution < -0.4 is 16.4 Å². The Kier molecular flexibility index (Phi) is 4.08. The van der Waals surface area contributed by atoms with E-state index in [9.17, 15) is 9.18 Å². The Labute approximate surface area is 113 Å². The van der Waals surface area contributed by atoms with Crippen molar-refractivity contribution in [1.82, 2.24) is 0 Å². The third kappa shape index (κ3) is 3.16. The molecule has 0 aromatic heterocycles. The molecule has 1 rings (SSSR count). The van der Waals surface area contributed by atoms with Crippen molar-refractivity contribution in [3.8, 4) is 0 Å². The monoisotopic (exact) mass is 267 g/mol. The van der Waals surface area contributed by atoms with Gasteiger partial charge in [-0.3, -0.25) is 4.79 Å². The number of hydrogen-bond acceptors (Lipinski definition) is 3. The van der Waals surface area contributed by atoms with Crippen LogP contribution in [0.3, 0.4) is 0 Å². The fourth-order valence-corrected chi connectivity index (χ4v) is 1.85. The van der Waals surface area contributed by atoms with Crippen molar-refractivity contribution in [2.45, 2.75) is 33.7 Å². The zero-order valence-electron chi connectivity index (χ0n) is 12.1. The first-order valence-corrected chi connectivity index (χ1v) is 6.17. The number of primary amides is 1. The molecular formula is C14H22FN3O.